The van der Waals surface area contributed by atoms with Gasteiger partial charge in [0.25, 0.3) is 0 Å². The van der Waals surface area contributed by atoms with Crippen LogP contribution in [0, 0.1) is 5.92 Å². The zero-order valence-electron chi connectivity index (χ0n) is 22.3. The van der Waals surface area contributed by atoms with Gasteiger partial charge in [-0.1, -0.05) is 30.3 Å². The molecule has 0 radical (unpaired) electrons. The molecular weight excluding hydrogens is 498 g/mol. The highest BCUT2D eigenvalue weighted by Crippen LogP contribution is 2.36. The lowest BCUT2D eigenvalue weighted by Crippen LogP contribution is -2.52. The number of hydrogen-bond acceptors (Lipinski definition) is 7. The van der Waals surface area contributed by atoms with Crippen LogP contribution in [0.25, 0.3) is 10.9 Å². The zero-order valence-corrected chi connectivity index (χ0v) is 23.1. The fourth-order valence-electron chi connectivity index (χ4n) is 6.06. The Morgan fingerprint density at radius 2 is 1.76 bits per heavy atom. The minimum atomic E-state index is -3.48. The van der Waals surface area contributed by atoms with Gasteiger partial charge in [0.15, 0.2) is 9.84 Å². The maximum Gasteiger partial charge on any atom is 0.245 e. The molecular formula is C29H37N5O3S. The number of fused-ring (bicyclic) bond motifs is 1. The van der Waals surface area contributed by atoms with Crippen LogP contribution in [-0.2, 0) is 14.6 Å². The van der Waals surface area contributed by atoms with Gasteiger partial charge in [-0.05, 0) is 76.8 Å². The van der Waals surface area contributed by atoms with E-state index in [9.17, 15) is 13.2 Å². The fraction of sp³-hybridized carbons (Fsp3) is 0.483. The normalized spacial score (nSPS) is 24.4. The Morgan fingerprint density at radius 1 is 1.03 bits per heavy atom. The van der Waals surface area contributed by atoms with Gasteiger partial charge < -0.3 is 15.1 Å². The Morgan fingerprint density at radius 3 is 2.53 bits per heavy atom. The summed E-state index contributed by atoms with van der Waals surface area (Å²) in [6.07, 6.45) is 4.66. The number of carbonyl (C=O) groups is 1. The smallest absolute Gasteiger partial charge is 0.245 e. The van der Waals surface area contributed by atoms with Crippen molar-refractivity contribution < 1.29 is 13.2 Å². The largest absolute Gasteiger partial charge is 0.358 e. The van der Waals surface area contributed by atoms with Crippen LogP contribution in [0.3, 0.4) is 0 Å². The summed E-state index contributed by atoms with van der Waals surface area (Å²) >= 11 is 0. The number of para-hydroxylation sites is 1. The lowest BCUT2D eigenvalue weighted by Gasteiger charge is -2.44. The first-order valence-electron chi connectivity index (χ1n) is 13.5. The monoisotopic (exact) mass is 535 g/mol. The van der Waals surface area contributed by atoms with Gasteiger partial charge >= 0.3 is 0 Å². The van der Waals surface area contributed by atoms with Crippen molar-refractivity contribution >= 4 is 32.5 Å². The molecule has 2 fully saturated rings. The number of rotatable bonds is 8. The summed E-state index contributed by atoms with van der Waals surface area (Å²) in [5.41, 5.74) is 0.825. The molecule has 0 unspecified atom stereocenters. The molecule has 1 aliphatic carbocycles. The number of likely N-dealkylation sites (tertiary alicyclic amines) is 1. The second kappa shape index (κ2) is 11.0. The molecule has 0 bridgehead atoms. The number of nitrogens with zero attached hydrogens (tertiary/aromatic N) is 4. The van der Waals surface area contributed by atoms with Crippen LogP contribution in [0.1, 0.15) is 39.5 Å². The molecule has 1 saturated heterocycles. The number of aromatic nitrogens is 2. The third-order valence-corrected chi connectivity index (χ3v) is 10.2. The summed E-state index contributed by atoms with van der Waals surface area (Å²) in [6.45, 7) is 4.94. The molecule has 1 aromatic heterocycles. The van der Waals surface area contributed by atoms with Crippen molar-refractivity contribution in [2.75, 3.05) is 24.7 Å². The summed E-state index contributed by atoms with van der Waals surface area (Å²) in [6, 6.07) is 16.6. The number of anilines is 1. The van der Waals surface area contributed by atoms with E-state index in [0.29, 0.717) is 35.8 Å². The van der Waals surface area contributed by atoms with Gasteiger partial charge in [-0.15, -0.1) is 0 Å². The van der Waals surface area contributed by atoms with Gasteiger partial charge in [0.2, 0.25) is 5.91 Å². The molecule has 9 heteroatoms. The van der Waals surface area contributed by atoms with Gasteiger partial charge in [0, 0.05) is 30.1 Å². The average molecular weight is 536 g/mol. The van der Waals surface area contributed by atoms with Crippen molar-refractivity contribution in [1.82, 2.24) is 19.8 Å². The van der Waals surface area contributed by atoms with Crippen molar-refractivity contribution in [1.29, 1.82) is 0 Å². The van der Waals surface area contributed by atoms with E-state index in [-0.39, 0.29) is 23.6 Å². The molecule has 38 heavy (non-hydrogen) atoms. The van der Waals surface area contributed by atoms with Crippen LogP contribution in [0.15, 0.2) is 65.8 Å². The summed E-state index contributed by atoms with van der Waals surface area (Å²) in [7, 11) is -1.37. The van der Waals surface area contributed by atoms with E-state index in [1.807, 2.05) is 35.2 Å². The van der Waals surface area contributed by atoms with Crippen molar-refractivity contribution in [2.24, 2.45) is 5.92 Å². The number of hydrogen-bond donors (Lipinski definition) is 1. The number of nitrogens with one attached hydrogen (secondary N) is 1. The van der Waals surface area contributed by atoms with Crippen LogP contribution < -0.4 is 5.32 Å². The minimum absolute atomic E-state index is 0.0236. The quantitative estimate of drug-likeness (QED) is 0.466. The van der Waals surface area contributed by atoms with E-state index in [0.717, 1.165) is 30.2 Å². The molecule has 1 amide bonds. The van der Waals surface area contributed by atoms with E-state index >= 15 is 0 Å². The zero-order chi connectivity index (χ0) is 26.9. The SMILES string of the molecule is CC(C)N(C)[C@@H]1CC[C@H](N2CC[C@H](Nc3ncnc4ccccc34)C2=O)[C@H](CS(=O)(=O)c2ccccc2)C1. The average Bonchev–Trinajstić information content (AvgIpc) is 3.28. The van der Waals surface area contributed by atoms with Gasteiger partial charge in [-0.2, -0.15) is 0 Å². The highest BCUT2D eigenvalue weighted by Gasteiger charge is 2.44. The molecule has 4 atom stereocenters. The van der Waals surface area contributed by atoms with Gasteiger partial charge in [0.1, 0.15) is 18.2 Å². The molecule has 202 valence electrons. The first kappa shape index (κ1) is 26.6. The predicted molar refractivity (Wildman–Crippen MR) is 150 cm³/mol. The standard InChI is InChI=1S/C29H37N5O3S/c1-20(2)33(3)22-13-14-27(21(17-22)18-38(36,37)23-9-5-4-6-10-23)34-16-15-26(29(34)35)32-28-24-11-7-8-12-25(24)30-19-31-28/h4-12,19-22,26-27H,13-18H2,1-3H3,(H,30,31,32)/t21-,22+,26-,27-/m0/s1. The summed E-state index contributed by atoms with van der Waals surface area (Å²) in [4.78, 5) is 27.1. The molecule has 8 nitrogen and oxygen atoms in total. The molecule has 3 aromatic rings. The van der Waals surface area contributed by atoms with Crippen molar-refractivity contribution in [2.45, 2.75) is 68.6 Å². The maximum atomic E-state index is 13.7. The van der Waals surface area contributed by atoms with Gasteiger partial charge in [-0.3, -0.25) is 4.79 Å². The Kier molecular flexibility index (Phi) is 7.68. The predicted octanol–water partition coefficient (Wildman–Crippen LogP) is 3.99. The van der Waals surface area contributed by atoms with Crippen molar-refractivity contribution in [3.8, 4) is 0 Å². The van der Waals surface area contributed by atoms with Crippen molar-refractivity contribution in [3.05, 3.63) is 60.9 Å². The van der Waals surface area contributed by atoms with E-state index in [4.69, 9.17) is 0 Å². The second-order valence-corrected chi connectivity index (χ2v) is 12.9. The van der Waals surface area contributed by atoms with Gasteiger partial charge in [-0.25, -0.2) is 18.4 Å². The molecule has 2 aromatic carbocycles. The maximum absolute atomic E-state index is 13.7. The lowest BCUT2D eigenvalue weighted by molar-refractivity contribution is -0.132. The number of benzene rings is 2. The Balaban J connectivity index is 1.37. The molecule has 2 heterocycles. The molecule has 1 aliphatic heterocycles. The van der Waals surface area contributed by atoms with E-state index in [2.05, 4.69) is 41.1 Å². The van der Waals surface area contributed by atoms with E-state index < -0.39 is 15.9 Å². The summed E-state index contributed by atoms with van der Waals surface area (Å²) in [5, 5.41) is 4.24. The van der Waals surface area contributed by atoms with E-state index in [1.54, 1.807) is 24.3 Å². The molecule has 1 saturated carbocycles. The number of carbonyl (C=O) groups excluding carboxylic acids is 1. The Labute approximate surface area is 225 Å². The summed E-state index contributed by atoms with van der Waals surface area (Å²) in [5.74, 6) is 0.585. The van der Waals surface area contributed by atoms with Crippen molar-refractivity contribution in [3.63, 3.8) is 0 Å². The summed E-state index contributed by atoms with van der Waals surface area (Å²) < 4.78 is 26.9. The molecule has 1 N–H and O–H groups in total. The second-order valence-electron chi connectivity index (χ2n) is 10.9. The highest BCUT2D eigenvalue weighted by atomic mass is 32.2. The first-order valence-corrected chi connectivity index (χ1v) is 15.2. The van der Waals surface area contributed by atoms with E-state index in [1.165, 1.54) is 6.33 Å². The number of sulfone groups is 1. The Bertz CT molecular complexity index is 1380. The number of amides is 1. The topological polar surface area (TPSA) is 95.5 Å². The highest BCUT2D eigenvalue weighted by molar-refractivity contribution is 7.91. The van der Waals surface area contributed by atoms with Crippen LogP contribution in [0.4, 0.5) is 5.82 Å². The van der Waals surface area contributed by atoms with Crippen LogP contribution in [-0.4, -0.2) is 77.6 Å². The lowest BCUT2D eigenvalue weighted by atomic mass is 9.81. The third-order valence-electron chi connectivity index (χ3n) is 8.33. The van der Waals surface area contributed by atoms with Crippen LogP contribution in [0.2, 0.25) is 0 Å². The molecule has 5 rings (SSSR count). The fourth-order valence-corrected chi connectivity index (χ4v) is 7.75. The first-order chi connectivity index (χ1) is 18.2. The van der Waals surface area contributed by atoms with Gasteiger partial charge in [0.05, 0.1) is 16.2 Å². The Hall–Kier alpha value is -3.04. The minimum Gasteiger partial charge on any atom is -0.358 e. The van der Waals surface area contributed by atoms with Crippen LogP contribution in [0.5, 0.6) is 0 Å². The molecule has 0 spiro atoms. The van der Waals surface area contributed by atoms with Crippen LogP contribution >= 0.6 is 0 Å². The molecule has 2 aliphatic rings. The third kappa shape index (κ3) is 5.40.